The van der Waals surface area contributed by atoms with Crippen LogP contribution < -0.4 is 5.32 Å². The molecule has 0 amide bonds. The molecule has 0 saturated carbocycles. The van der Waals surface area contributed by atoms with Gasteiger partial charge in [-0.3, -0.25) is 0 Å². The molecule has 0 saturated heterocycles. The number of hydrogen-bond acceptors (Lipinski definition) is 4. The van der Waals surface area contributed by atoms with E-state index in [-0.39, 0.29) is 0 Å². The Hall–Kier alpha value is -0.640. The molecule has 0 unspecified atom stereocenters. The Morgan fingerprint density at radius 1 is 1.21 bits per heavy atom. The highest BCUT2D eigenvalue weighted by molar-refractivity contribution is 7.15. The van der Waals surface area contributed by atoms with E-state index >= 15 is 0 Å². The van der Waals surface area contributed by atoms with Gasteiger partial charge in [0.2, 0.25) is 5.13 Å². The summed E-state index contributed by atoms with van der Waals surface area (Å²) in [5.74, 6) is 0.754. The summed E-state index contributed by atoms with van der Waals surface area (Å²) in [7, 11) is 0. The first kappa shape index (κ1) is 11.4. The van der Waals surface area contributed by atoms with Crippen molar-refractivity contribution in [2.45, 2.75) is 40.0 Å². The molecule has 80 valence electrons. The maximum atomic E-state index is 4.08. The van der Waals surface area contributed by atoms with Gasteiger partial charge < -0.3 is 5.32 Å². The molecule has 0 atom stereocenters. The van der Waals surface area contributed by atoms with Gasteiger partial charge in [-0.25, -0.2) is 0 Å². The van der Waals surface area contributed by atoms with Gasteiger partial charge in [0.05, 0.1) is 0 Å². The number of anilines is 1. The third kappa shape index (κ3) is 3.25. The Balaban J connectivity index is 2.37. The summed E-state index contributed by atoms with van der Waals surface area (Å²) in [6.45, 7) is 7.58. The van der Waals surface area contributed by atoms with Gasteiger partial charge in [0.1, 0.15) is 5.01 Å². The third-order valence-electron chi connectivity index (χ3n) is 2.47. The maximum absolute atomic E-state index is 4.08. The van der Waals surface area contributed by atoms with Crippen LogP contribution in [0.3, 0.4) is 0 Å². The fourth-order valence-electron chi connectivity index (χ4n) is 1.28. The fourth-order valence-corrected chi connectivity index (χ4v) is 1.96. The molecule has 4 heteroatoms. The van der Waals surface area contributed by atoms with Crippen molar-refractivity contribution in [2.75, 3.05) is 11.9 Å². The molecule has 0 aliphatic carbocycles. The molecule has 1 aromatic rings. The Morgan fingerprint density at radius 2 is 1.93 bits per heavy atom. The monoisotopic (exact) mass is 213 g/mol. The number of hydrogen-bond donors (Lipinski definition) is 1. The summed E-state index contributed by atoms with van der Waals surface area (Å²) in [5, 5.41) is 13.6. The molecule has 14 heavy (non-hydrogen) atoms. The summed E-state index contributed by atoms with van der Waals surface area (Å²) in [5.41, 5.74) is 0. The zero-order chi connectivity index (χ0) is 10.4. The molecule has 1 aromatic heterocycles. The van der Waals surface area contributed by atoms with Crippen molar-refractivity contribution in [3.05, 3.63) is 5.01 Å². The van der Waals surface area contributed by atoms with Crippen LogP contribution in [-0.2, 0) is 6.42 Å². The van der Waals surface area contributed by atoms with Crippen LogP contribution in [0.1, 0.15) is 38.6 Å². The van der Waals surface area contributed by atoms with Crippen molar-refractivity contribution in [1.82, 2.24) is 10.2 Å². The first-order chi connectivity index (χ1) is 6.80. The second-order valence-electron chi connectivity index (χ2n) is 3.42. The number of aryl methyl sites for hydroxylation is 1. The highest BCUT2D eigenvalue weighted by Crippen LogP contribution is 2.16. The lowest BCUT2D eigenvalue weighted by atomic mass is 10.0. The number of nitrogens with zero attached hydrogens (tertiary/aromatic N) is 2. The van der Waals surface area contributed by atoms with Gasteiger partial charge in [-0.05, 0) is 12.3 Å². The molecule has 0 fully saturated rings. The Labute approximate surface area is 89.9 Å². The lowest BCUT2D eigenvalue weighted by Crippen LogP contribution is -2.12. The summed E-state index contributed by atoms with van der Waals surface area (Å²) < 4.78 is 0. The molecule has 1 heterocycles. The average molecular weight is 213 g/mol. The van der Waals surface area contributed by atoms with E-state index in [9.17, 15) is 0 Å². The first-order valence-corrected chi connectivity index (χ1v) is 6.18. The molecule has 0 aliphatic heterocycles. The second kappa shape index (κ2) is 5.96. The van der Waals surface area contributed by atoms with Gasteiger partial charge >= 0.3 is 0 Å². The maximum Gasteiger partial charge on any atom is 0.205 e. The van der Waals surface area contributed by atoms with Gasteiger partial charge in [-0.2, -0.15) is 0 Å². The van der Waals surface area contributed by atoms with E-state index in [1.165, 1.54) is 12.8 Å². The fraction of sp³-hybridized carbons (Fsp3) is 0.800. The Bertz CT molecular complexity index is 256. The smallest absolute Gasteiger partial charge is 0.205 e. The van der Waals surface area contributed by atoms with E-state index in [0.29, 0.717) is 0 Å². The number of rotatable bonds is 6. The standard InChI is InChI=1S/C10H19N3S/c1-4-8(5-2)7-11-10-13-12-9(6-3)14-10/h8H,4-7H2,1-3H3,(H,11,13). The normalized spacial score (nSPS) is 10.9. The van der Waals surface area contributed by atoms with E-state index in [4.69, 9.17) is 0 Å². The lowest BCUT2D eigenvalue weighted by molar-refractivity contribution is 0.519. The molecule has 0 radical (unpaired) electrons. The van der Waals surface area contributed by atoms with Gasteiger partial charge in [-0.15, -0.1) is 10.2 Å². The average Bonchev–Trinajstić information content (AvgIpc) is 2.67. The van der Waals surface area contributed by atoms with Gasteiger partial charge in [0, 0.05) is 6.54 Å². The third-order valence-corrected chi connectivity index (χ3v) is 3.49. The van der Waals surface area contributed by atoms with Gasteiger partial charge in [-0.1, -0.05) is 44.9 Å². The largest absolute Gasteiger partial charge is 0.360 e. The van der Waals surface area contributed by atoms with Crippen molar-refractivity contribution < 1.29 is 0 Å². The predicted octanol–water partition coefficient (Wildman–Crippen LogP) is 2.95. The van der Waals surface area contributed by atoms with Crippen molar-refractivity contribution in [3.63, 3.8) is 0 Å². The summed E-state index contributed by atoms with van der Waals surface area (Å²) in [6.07, 6.45) is 3.43. The van der Waals surface area contributed by atoms with Gasteiger partial charge in [0.15, 0.2) is 0 Å². The Morgan fingerprint density at radius 3 is 2.43 bits per heavy atom. The minimum atomic E-state index is 0.754. The zero-order valence-corrected chi connectivity index (χ0v) is 10.0. The minimum Gasteiger partial charge on any atom is -0.360 e. The van der Waals surface area contributed by atoms with Crippen LogP contribution in [0.15, 0.2) is 0 Å². The van der Waals surface area contributed by atoms with Crippen LogP contribution in [0.2, 0.25) is 0 Å². The molecule has 0 spiro atoms. The van der Waals surface area contributed by atoms with E-state index in [1.54, 1.807) is 11.3 Å². The van der Waals surface area contributed by atoms with E-state index < -0.39 is 0 Å². The highest BCUT2D eigenvalue weighted by atomic mass is 32.1. The molecule has 3 nitrogen and oxygen atoms in total. The van der Waals surface area contributed by atoms with Crippen LogP contribution in [0, 0.1) is 5.92 Å². The van der Waals surface area contributed by atoms with Crippen LogP contribution in [0.5, 0.6) is 0 Å². The molecule has 1 N–H and O–H groups in total. The predicted molar refractivity (Wildman–Crippen MR) is 61.8 cm³/mol. The van der Waals surface area contributed by atoms with Crippen molar-refractivity contribution >= 4 is 16.5 Å². The van der Waals surface area contributed by atoms with Crippen LogP contribution >= 0.6 is 11.3 Å². The lowest BCUT2D eigenvalue weighted by Gasteiger charge is -2.11. The van der Waals surface area contributed by atoms with E-state index in [1.807, 2.05) is 0 Å². The molecule has 0 bridgehead atoms. The van der Waals surface area contributed by atoms with Gasteiger partial charge in [0.25, 0.3) is 0 Å². The van der Waals surface area contributed by atoms with Crippen molar-refractivity contribution in [3.8, 4) is 0 Å². The number of aromatic nitrogens is 2. The zero-order valence-electron chi connectivity index (χ0n) is 9.21. The van der Waals surface area contributed by atoms with E-state index in [0.717, 1.165) is 29.0 Å². The topological polar surface area (TPSA) is 37.8 Å². The first-order valence-electron chi connectivity index (χ1n) is 5.36. The highest BCUT2D eigenvalue weighted by Gasteiger charge is 2.05. The molecule has 1 rings (SSSR count). The summed E-state index contributed by atoms with van der Waals surface area (Å²) in [4.78, 5) is 0. The van der Waals surface area contributed by atoms with Crippen LogP contribution in [-0.4, -0.2) is 16.7 Å². The minimum absolute atomic E-state index is 0.754. The van der Waals surface area contributed by atoms with E-state index in [2.05, 4.69) is 36.3 Å². The van der Waals surface area contributed by atoms with Crippen molar-refractivity contribution in [2.24, 2.45) is 5.92 Å². The summed E-state index contributed by atoms with van der Waals surface area (Å²) >= 11 is 1.66. The summed E-state index contributed by atoms with van der Waals surface area (Å²) in [6, 6.07) is 0. The van der Waals surface area contributed by atoms with Crippen LogP contribution in [0.25, 0.3) is 0 Å². The molecular formula is C10H19N3S. The second-order valence-corrected chi connectivity index (χ2v) is 4.48. The van der Waals surface area contributed by atoms with Crippen molar-refractivity contribution in [1.29, 1.82) is 0 Å². The molecule has 0 aliphatic rings. The van der Waals surface area contributed by atoms with Crippen LogP contribution in [0.4, 0.5) is 5.13 Å². The molecule has 0 aromatic carbocycles. The quantitative estimate of drug-likeness (QED) is 0.789. The molecular weight excluding hydrogens is 194 g/mol. The Kier molecular flexibility index (Phi) is 4.87. The SMILES string of the molecule is CCc1nnc(NCC(CC)CC)s1. The number of nitrogens with one attached hydrogen (secondary N) is 1.